The first kappa shape index (κ1) is 15.8. The largest absolute Gasteiger partial charge is 0.486 e. The SMILES string of the molecule is CC(NCc1ccc2c(c1)OCCO2)C(O)c1ccc(F)cc1. The number of halogens is 1. The zero-order chi connectivity index (χ0) is 16.2. The van der Waals surface area contributed by atoms with Crippen LogP contribution in [-0.2, 0) is 6.54 Å². The van der Waals surface area contributed by atoms with Crippen LogP contribution in [0, 0.1) is 5.82 Å². The van der Waals surface area contributed by atoms with Gasteiger partial charge in [-0.2, -0.15) is 0 Å². The third kappa shape index (κ3) is 3.81. The molecular formula is C18H20FNO3. The molecule has 0 saturated heterocycles. The summed E-state index contributed by atoms with van der Waals surface area (Å²) in [6.45, 7) is 3.62. The molecule has 0 amide bonds. The van der Waals surface area contributed by atoms with Crippen LogP contribution < -0.4 is 14.8 Å². The van der Waals surface area contributed by atoms with Crippen LogP contribution in [0.3, 0.4) is 0 Å². The minimum Gasteiger partial charge on any atom is -0.486 e. The molecule has 1 heterocycles. The van der Waals surface area contributed by atoms with Crippen LogP contribution in [-0.4, -0.2) is 24.4 Å². The Morgan fingerprint density at radius 3 is 2.52 bits per heavy atom. The molecule has 5 heteroatoms. The van der Waals surface area contributed by atoms with Gasteiger partial charge in [0, 0.05) is 12.6 Å². The van der Waals surface area contributed by atoms with E-state index in [0.29, 0.717) is 25.3 Å². The Hall–Kier alpha value is -2.11. The predicted octanol–water partition coefficient (Wildman–Crippen LogP) is 2.81. The maximum atomic E-state index is 12.9. The Kier molecular flexibility index (Phi) is 4.79. The summed E-state index contributed by atoms with van der Waals surface area (Å²) in [5, 5.41) is 13.6. The Morgan fingerprint density at radius 1 is 1.09 bits per heavy atom. The average molecular weight is 317 g/mol. The highest BCUT2D eigenvalue weighted by atomic mass is 19.1. The number of benzene rings is 2. The van der Waals surface area contributed by atoms with Gasteiger partial charge in [-0.3, -0.25) is 0 Å². The summed E-state index contributed by atoms with van der Waals surface area (Å²) >= 11 is 0. The van der Waals surface area contributed by atoms with Gasteiger partial charge < -0.3 is 19.9 Å². The van der Waals surface area contributed by atoms with Gasteiger partial charge in [-0.15, -0.1) is 0 Å². The molecule has 4 nitrogen and oxygen atoms in total. The van der Waals surface area contributed by atoms with Crippen LogP contribution in [0.4, 0.5) is 4.39 Å². The van der Waals surface area contributed by atoms with Gasteiger partial charge in [0.15, 0.2) is 11.5 Å². The second-order valence-corrected chi connectivity index (χ2v) is 5.64. The number of aliphatic hydroxyl groups excluding tert-OH is 1. The van der Waals surface area contributed by atoms with Crippen LogP contribution in [0.5, 0.6) is 11.5 Å². The van der Waals surface area contributed by atoms with E-state index in [9.17, 15) is 9.50 Å². The predicted molar refractivity (Wildman–Crippen MR) is 85.1 cm³/mol. The second-order valence-electron chi connectivity index (χ2n) is 5.64. The van der Waals surface area contributed by atoms with E-state index in [1.807, 2.05) is 25.1 Å². The molecule has 0 spiro atoms. The number of hydrogen-bond donors (Lipinski definition) is 2. The number of fused-ring (bicyclic) bond motifs is 1. The summed E-state index contributed by atoms with van der Waals surface area (Å²) in [5.41, 5.74) is 1.74. The Labute approximate surface area is 134 Å². The van der Waals surface area contributed by atoms with Crippen molar-refractivity contribution >= 4 is 0 Å². The highest BCUT2D eigenvalue weighted by Gasteiger charge is 2.17. The van der Waals surface area contributed by atoms with Crippen LogP contribution in [0.15, 0.2) is 42.5 Å². The lowest BCUT2D eigenvalue weighted by molar-refractivity contribution is 0.135. The van der Waals surface area contributed by atoms with Crippen molar-refractivity contribution in [1.29, 1.82) is 0 Å². The van der Waals surface area contributed by atoms with Crippen molar-refractivity contribution in [2.45, 2.75) is 25.6 Å². The molecule has 2 atom stereocenters. The Morgan fingerprint density at radius 2 is 1.78 bits per heavy atom. The lowest BCUT2D eigenvalue weighted by Gasteiger charge is -2.22. The van der Waals surface area contributed by atoms with Crippen LogP contribution >= 0.6 is 0 Å². The molecule has 122 valence electrons. The van der Waals surface area contributed by atoms with E-state index in [1.165, 1.54) is 12.1 Å². The van der Waals surface area contributed by atoms with E-state index in [0.717, 1.165) is 17.1 Å². The van der Waals surface area contributed by atoms with Crippen LogP contribution in [0.2, 0.25) is 0 Å². The topological polar surface area (TPSA) is 50.7 Å². The molecule has 3 rings (SSSR count). The maximum Gasteiger partial charge on any atom is 0.161 e. The number of rotatable bonds is 5. The molecular weight excluding hydrogens is 297 g/mol. The van der Waals surface area contributed by atoms with Crippen molar-refractivity contribution in [3.63, 3.8) is 0 Å². The summed E-state index contributed by atoms with van der Waals surface area (Å²) in [4.78, 5) is 0. The van der Waals surface area contributed by atoms with Gasteiger partial charge in [-0.05, 0) is 42.3 Å². The smallest absolute Gasteiger partial charge is 0.161 e. The summed E-state index contributed by atoms with van der Waals surface area (Å²) in [7, 11) is 0. The molecule has 0 radical (unpaired) electrons. The van der Waals surface area contributed by atoms with Gasteiger partial charge in [-0.25, -0.2) is 4.39 Å². The monoisotopic (exact) mass is 317 g/mol. The fourth-order valence-electron chi connectivity index (χ4n) is 2.54. The van der Waals surface area contributed by atoms with E-state index >= 15 is 0 Å². The summed E-state index contributed by atoms with van der Waals surface area (Å²) in [5.74, 6) is 1.21. The van der Waals surface area contributed by atoms with Crippen molar-refractivity contribution in [2.24, 2.45) is 0 Å². The van der Waals surface area contributed by atoms with Crippen LogP contribution in [0.25, 0.3) is 0 Å². The van der Waals surface area contributed by atoms with Crippen LogP contribution in [0.1, 0.15) is 24.2 Å². The first-order chi connectivity index (χ1) is 11.1. The van der Waals surface area contributed by atoms with Crippen molar-refractivity contribution in [3.8, 4) is 11.5 Å². The van der Waals surface area contributed by atoms with Crippen molar-refractivity contribution in [2.75, 3.05) is 13.2 Å². The van der Waals surface area contributed by atoms with Gasteiger partial charge >= 0.3 is 0 Å². The van der Waals surface area contributed by atoms with Crippen molar-refractivity contribution < 1.29 is 19.0 Å². The standard InChI is InChI=1S/C18H20FNO3/c1-12(18(21)14-3-5-15(19)6-4-14)20-11-13-2-7-16-17(10-13)23-9-8-22-16/h2-7,10,12,18,20-21H,8-9,11H2,1H3. The number of hydrogen-bond acceptors (Lipinski definition) is 4. The average Bonchev–Trinajstić information content (AvgIpc) is 2.59. The van der Waals surface area contributed by atoms with Gasteiger partial charge in [0.25, 0.3) is 0 Å². The van der Waals surface area contributed by atoms with E-state index < -0.39 is 6.10 Å². The molecule has 2 N–H and O–H groups in total. The first-order valence-electron chi connectivity index (χ1n) is 7.69. The lowest BCUT2D eigenvalue weighted by Crippen LogP contribution is -2.31. The number of ether oxygens (including phenoxy) is 2. The molecule has 2 aromatic rings. The molecule has 23 heavy (non-hydrogen) atoms. The van der Waals surface area contributed by atoms with Crippen molar-refractivity contribution in [3.05, 3.63) is 59.4 Å². The third-order valence-electron chi connectivity index (χ3n) is 3.92. The molecule has 0 saturated carbocycles. The van der Waals surface area contributed by atoms with E-state index in [1.54, 1.807) is 12.1 Å². The third-order valence-corrected chi connectivity index (χ3v) is 3.92. The normalized spacial score (nSPS) is 16.0. The zero-order valence-corrected chi connectivity index (χ0v) is 13.0. The molecule has 1 aliphatic heterocycles. The van der Waals surface area contributed by atoms with E-state index in [4.69, 9.17) is 9.47 Å². The molecule has 1 aliphatic rings. The van der Waals surface area contributed by atoms with Gasteiger partial charge in [-0.1, -0.05) is 18.2 Å². The van der Waals surface area contributed by atoms with E-state index in [2.05, 4.69) is 5.32 Å². The Bertz CT molecular complexity index is 660. The minimum atomic E-state index is -0.701. The summed E-state index contributed by atoms with van der Waals surface area (Å²) < 4.78 is 24.0. The number of aliphatic hydroxyl groups is 1. The fraction of sp³-hybridized carbons (Fsp3) is 0.333. The molecule has 0 aliphatic carbocycles. The fourth-order valence-corrected chi connectivity index (χ4v) is 2.54. The van der Waals surface area contributed by atoms with E-state index in [-0.39, 0.29) is 11.9 Å². The van der Waals surface area contributed by atoms with Gasteiger partial charge in [0.1, 0.15) is 19.0 Å². The molecule has 0 fully saturated rings. The van der Waals surface area contributed by atoms with Gasteiger partial charge in [0.2, 0.25) is 0 Å². The van der Waals surface area contributed by atoms with Gasteiger partial charge in [0.05, 0.1) is 6.10 Å². The highest BCUT2D eigenvalue weighted by Crippen LogP contribution is 2.30. The zero-order valence-electron chi connectivity index (χ0n) is 13.0. The lowest BCUT2D eigenvalue weighted by atomic mass is 10.0. The molecule has 0 bridgehead atoms. The number of nitrogens with one attached hydrogen (secondary N) is 1. The molecule has 2 unspecified atom stereocenters. The van der Waals surface area contributed by atoms with Crippen molar-refractivity contribution in [1.82, 2.24) is 5.32 Å². The first-order valence-corrected chi connectivity index (χ1v) is 7.69. The minimum absolute atomic E-state index is 0.173. The quantitative estimate of drug-likeness (QED) is 0.890. The molecule has 0 aromatic heterocycles. The molecule has 2 aromatic carbocycles. The maximum absolute atomic E-state index is 12.9. The summed E-state index contributed by atoms with van der Waals surface area (Å²) in [6, 6.07) is 11.5. The second kappa shape index (κ2) is 6.98. The highest BCUT2D eigenvalue weighted by molar-refractivity contribution is 5.43. The Balaban J connectivity index is 1.60. The summed E-state index contributed by atoms with van der Waals surface area (Å²) in [6.07, 6.45) is -0.701.